The Kier molecular flexibility index (Phi) is 3.96. The van der Waals surface area contributed by atoms with Gasteiger partial charge in [-0.1, -0.05) is 12.1 Å². The van der Waals surface area contributed by atoms with E-state index in [9.17, 15) is 0 Å². The maximum absolute atomic E-state index is 4.38. The van der Waals surface area contributed by atoms with Gasteiger partial charge in [0, 0.05) is 16.9 Å². The van der Waals surface area contributed by atoms with E-state index in [1.54, 1.807) is 24.8 Å². The van der Waals surface area contributed by atoms with Crippen molar-refractivity contribution < 1.29 is 0 Å². The molecule has 0 spiro atoms. The summed E-state index contributed by atoms with van der Waals surface area (Å²) in [6.07, 6.45) is 8.87. The maximum atomic E-state index is 4.38. The number of anilines is 1. The van der Waals surface area contributed by atoms with E-state index < -0.39 is 0 Å². The van der Waals surface area contributed by atoms with Crippen LogP contribution < -0.4 is 5.32 Å². The topological polar surface area (TPSA) is 55.6 Å². The summed E-state index contributed by atoms with van der Waals surface area (Å²) in [6.45, 7) is 2.04. The molecule has 0 aliphatic rings. The highest BCUT2D eigenvalue weighted by Crippen LogP contribution is 2.22. The fraction of sp³-hybridized carbons (Fsp3) is 0.133. The molecular weight excluding hydrogens is 330 g/mol. The van der Waals surface area contributed by atoms with Gasteiger partial charge in [0.05, 0.1) is 41.7 Å². The van der Waals surface area contributed by atoms with Crippen molar-refractivity contribution in [2.45, 2.75) is 13.0 Å². The third kappa shape index (κ3) is 3.11. The Hall–Kier alpha value is -2.21. The van der Waals surface area contributed by atoms with Crippen molar-refractivity contribution in [1.82, 2.24) is 19.7 Å². The molecule has 0 saturated carbocycles. The van der Waals surface area contributed by atoms with Gasteiger partial charge in [0.25, 0.3) is 0 Å². The second kappa shape index (κ2) is 6.05. The predicted octanol–water partition coefficient (Wildman–Crippen LogP) is 3.60. The van der Waals surface area contributed by atoms with Crippen LogP contribution in [0.4, 0.5) is 5.69 Å². The number of nitrogens with zero attached hydrogens (tertiary/aromatic N) is 4. The fourth-order valence-corrected chi connectivity index (χ4v) is 2.49. The first kappa shape index (κ1) is 13.8. The van der Waals surface area contributed by atoms with E-state index in [4.69, 9.17) is 0 Å². The molecular formula is C15H14BrN5. The molecule has 0 amide bonds. The van der Waals surface area contributed by atoms with Gasteiger partial charge in [-0.05, 0) is 35.0 Å². The number of nitrogens with one attached hydrogen (secondary N) is 1. The van der Waals surface area contributed by atoms with Crippen LogP contribution in [0.5, 0.6) is 0 Å². The van der Waals surface area contributed by atoms with Crippen LogP contribution in [0.25, 0.3) is 5.69 Å². The van der Waals surface area contributed by atoms with E-state index in [1.165, 1.54) is 0 Å². The van der Waals surface area contributed by atoms with Crippen LogP contribution in [0.15, 0.2) is 59.7 Å². The van der Waals surface area contributed by atoms with Crippen LogP contribution in [0, 0.1) is 0 Å². The predicted molar refractivity (Wildman–Crippen MR) is 85.3 cm³/mol. The molecule has 0 aliphatic heterocycles. The average Bonchev–Trinajstić information content (AvgIpc) is 2.97. The molecule has 1 unspecified atom stereocenters. The van der Waals surface area contributed by atoms with E-state index in [1.807, 2.05) is 42.1 Å². The van der Waals surface area contributed by atoms with Crippen molar-refractivity contribution in [1.29, 1.82) is 0 Å². The molecule has 2 heterocycles. The normalized spacial score (nSPS) is 12.1. The summed E-state index contributed by atoms with van der Waals surface area (Å²) < 4.78 is 2.83. The third-order valence-corrected chi connectivity index (χ3v) is 3.76. The molecule has 0 aliphatic carbocycles. The van der Waals surface area contributed by atoms with Crippen molar-refractivity contribution in [2.24, 2.45) is 0 Å². The van der Waals surface area contributed by atoms with E-state index in [2.05, 4.69) is 36.3 Å². The van der Waals surface area contributed by atoms with Crippen LogP contribution in [0.1, 0.15) is 18.7 Å². The summed E-state index contributed by atoms with van der Waals surface area (Å²) in [4.78, 5) is 8.38. The number of aromatic nitrogens is 4. The molecule has 6 heteroatoms. The second-order valence-corrected chi connectivity index (χ2v) is 5.48. The minimum Gasteiger partial charge on any atom is -0.374 e. The lowest BCUT2D eigenvalue weighted by Gasteiger charge is -2.12. The number of rotatable bonds is 4. The molecule has 0 radical (unpaired) electrons. The quantitative estimate of drug-likeness (QED) is 0.786. The Bertz CT molecular complexity index is 726. The number of para-hydroxylation sites is 1. The van der Waals surface area contributed by atoms with E-state index in [-0.39, 0.29) is 6.04 Å². The SMILES string of the molecule is CC(Nc1cnn(-c2ccccc2Br)c1)c1cnccn1. The Labute approximate surface area is 131 Å². The average molecular weight is 344 g/mol. The molecule has 3 aromatic rings. The minimum absolute atomic E-state index is 0.0653. The molecule has 106 valence electrons. The van der Waals surface area contributed by atoms with Gasteiger partial charge >= 0.3 is 0 Å². The first-order valence-corrected chi connectivity index (χ1v) is 7.35. The van der Waals surface area contributed by atoms with Gasteiger partial charge < -0.3 is 5.32 Å². The summed E-state index contributed by atoms with van der Waals surface area (Å²) in [5.74, 6) is 0. The second-order valence-electron chi connectivity index (χ2n) is 4.62. The maximum Gasteiger partial charge on any atom is 0.0806 e. The van der Waals surface area contributed by atoms with Gasteiger partial charge in [-0.2, -0.15) is 5.10 Å². The van der Waals surface area contributed by atoms with E-state index >= 15 is 0 Å². The van der Waals surface area contributed by atoms with Gasteiger partial charge in [-0.15, -0.1) is 0 Å². The number of halogens is 1. The highest BCUT2D eigenvalue weighted by molar-refractivity contribution is 9.10. The zero-order valence-electron chi connectivity index (χ0n) is 11.4. The van der Waals surface area contributed by atoms with E-state index in [0.717, 1.165) is 21.5 Å². The molecule has 2 aromatic heterocycles. The lowest BCUT2D eigenvalue weighted by Crippen LogP contribution is -2.08. The Balaban J connectivity index is 1.78. The standard InChI is InChI=1S/C15H14BrN5/c1-11(14-9-17-6-7-18-14)20-12-8-19-21(10-12)15-5-3-2-4-13(15)16/h2-11,20H,1H3. The van der Waals surface area contributed by atoms with Crippen LogP contribution >= 0.6 is 15.9 Å². The Morgan fingerprint density at radius 2 is 2.05 bits per heavy atom. The zero-order valence-corrected chi connectivity index (χ0v) is 13.0. The molecule has 1 aromatic carbocycles. The molecule has 1 N–H and O–H groups in total. The van der Waals surface area contributed by atoms with Gasteiger partial charge in [-0.25, -0.2) is 4.68 Å². The fourth-order valence-electron chi connectivity index (χ4n) is 2.02. The number of hydrogen-bond acceptors (Lipinski definition) is 4. The van der Waals surface area contributed by atoms with Crippen LogP contribution in [-0.4, -0.2) is 19.7 Å². The summed E-state index contributed by atoms with van der Waals surface area (Å²) in [6, 6.07) is 8.03. The van der Waals surface area contributed by atoms with Crippen LogP contribution in [0.3, 0.4) is 0 Å². The summed E-state index contributed by atoms with van der Waals surface area (Å²) >= 11 is 3.53. The molecule has 1 atom stereocenters. The van der Waals surface area contributed by atoms with Crippen LogP contribution in [0.2, 0.25) is 0 Å². The lowest BCUT2D eigenvalue weighted by molar-refractivity contribution is 0.827. The summed E-state index contributed by atoms with van der Waals surface area (Å²) in [7, 11) is 0. The van der Waals surface area contributed by atoms with Crippen molar-refractivity contribution in [3.8, 4) is 5.69 Å². The smallest absolute Gasteiger partial charge is 0.0806 e. The molecule has 5 nitrogen and oxygen atoms in total. The van der Waals surface area contributed by atoms with E-state index in [0.29, 0.717) is 0 Å². The molecule has 21 heavy (non-hydrogen) atoms. The number of benzene rings is 1. The largest absolute Gasteiger partial charge is 0.374 e. The van der Waals surface area contributed by atoms with Crippen molar-refractivity contribution in [2.75, 3.05) is 5.32 Å². The highest BCUT2D eigenvalue weighted by atomic mass is 79.9. The van der Waals surface area contributed by atoms with Crippen molar-refractivity contribution in [3.63, 3.8) is 0 Å². The van der Waals surface area contributed by atoms with Crippen molar-refractivity contribution >= 4 is 21.6 Å². The van der Waals surface area contributed by atoms with Crippen LogP contribution in [-0.2, 0) is 0 Å². The first-order chi connectivity index (χ1) is 10.2. The monoisotopic (exact) mass is 343 g/mol. The number of hydrogen-bond donors (Lipinski definition) is 1. The lowest BCUT2D eigenvalue weighted by atomic mass is 10.2. The van der Waals surface area contributed by atoms with Gasteiger partial charge in [0.2, 0.25) is 0 Å². The molecule has 3 rings (SSSR count). The molecule has 0 bridgehead atoms. The Morgan fingerprint density at radius 1 is 1.19 bits per heavy atom. The third-order valence-electron chi connectivity index (χ3n) is 3.09. The highest BCUT2D eigenvalue weighted by Gasteiger charge is 2.09. The zero-order chi connectivity index (χ0) is 14.7. The van der Waals surface area contributed by atoms with Gasteiger partial charge in [0.15, 0.2) is 0 Å². The minimum atomic E-state index is 0.0653. The van der Waals surface area contributed by atoms with Crippen molar-refractivity contribution in [3.05, 3.63) is 65.4 Å². The Morgan fingerprint density at radius 3 is 2.81 bits per heavy atom. The molecule has 0 fully saturated rings. The van der Waals surface area contributed by atoms with Gasteiger partial charge in [-0.3, -0.25) is 9.97 Å². The van der Waals surface area contributed by atoms with Gasteiger partial charge in [0.1, 0.15) is 0 Å². The summed E-state index contributed by atoms with van der Waals surface area (Å²) in [5, 5.41) is 7.75. The first-order valence-electron chi connectivity index (χ1n) is 6.56. The molecule has 0 saturated heterocycles. The summed E-state index contributed by atoms with van der Waals surface area (Å²) in [5.41, 5.74) is 2.83.